The topological polar surface area (TPSA) is 92.7 Å². The van der Waals surface area contributed by atoms with E-state index in [1.54, 1.807) is 36.5 Å². The molecule has 0 spiro atoms. The first-order valence-electron chi connectivity index (χ1n) is 14.9. The third-order valence-electron chi connectivity index (χ3n) is 9.66. The molecular weight excluding hydrogens is 552 g/mol. The van der Waals surface area contributed by atoms with Gasteiger partial charge in [0.05, 0.1) is 23.2 Å². The number of likely N-dealkylation sites (tertiary alicyclic amines) is 1. The van der Waals surface area contributed by atoms with Gasteiger partial charge in [0.25, 0.3) is 0 Å². The van der Waals surface area contributed by atoms with E-state index in [-0.39, 0.29) is 24.1 Å². The van der Waals surface area contributed by atoms with Crippen LogP contribution in [0.4, 0.5) is 8.78 Å². The number of benzene rings is 2. The third kappa shape index (κ3) is 4.38. The molecule has 1 saturated carbocycles. The maximum atomic E-state index is 16.2. The van der Waals surface area contributed by atoms with Crippen molar-refractivity contribution in [2.24, 2.45) is 0 Å². The predicted molar refractivity (Wildman–Crippen MR) is 154 cm³/mol. The van der Waals surface area contributed by atoms with Crippen molar-refractivity contribution >= 4 is 22.7 Å². The van der Waals surface area contributed by atoms with Crippen molar-refractivity contribution in [3.63, 3.8) is 0 Å². The molecule has 2 aromatic heterocycles. The molecule has 43 heavy (non-hydrogen) atoms. The standard InChI is InChI=1S/C33H31F2N5O3/c1-32-18-39(17-19-2-5-23(26(34)14-19)28-10-12-40(38-28)21-3-4-21)13-11-33(32,43-32)25-7-8-27-24(30(25)35)15-20(16-36-27)22-6-9-29(41)37-31(22)42/h2,5,7-8,10,12,14-16,21-22H,3-4,6,9,11,13,17-18H2,1H3,(H,37,41,42). The van der Waals surface area contributed by atoms with Crippen LogP contribution in [0.5, 0.6) is 0 Å². The van der Waals surface area contributed by atoms with Gasteiger partial charge in [-0.1, -0.05) is 12.1 Å². The fourth-order valence-corrected chi connectivity index (χ4v) is 7.11. The van der Waals surface area contributed by atoms with Crippen molar-refractivity contribution in [2.75, 3.05) is 13.1 Å². The van der Waals surface area contributed by atoms with E-state index >= 15 is 8.78 Å². The van der Waals surface area contributed by atoms with Crippen molar-refractivity contribution in [2.45, 2.75) is 68.7 Å². The Morgan fingerprint density at radius 2 is 1.95 bits per heavy atom. The summed E-state index contributed by atoms with van der Waals surface area (Å²) >= 11 is 0. The van der Waals surface area contributed by atoms with Crippen LogP contribution in [0.1, 0.15) is 67.7 Å². The molecule has 220 valence electrons. The van der Waals surface area contributed by atoms with Crippen molar-refractivity contribution < 1.29 is 23.1 Å². The van der Waals surface area contributed by atoms with Gasteiger partial charge in [0.1, 0.15) is 22.8 Å². The SMILES string of the molecule is CC12CN(Cc3ccc(-c4ccn(C5CC5)n4)c(F)c3)CCC1(c1ccc3ncc(C4CCC(=O)NC4=O)cc3c1F)O2. The summed E-state index contributed by atoms with van der Waals surface area (Å²) < 4.78 is 39.6. The smallest absolute Gasteiger partial charge is 0.234 e. The number of ether oxygens (including phenoxy) is 1. The Bertz CT molecular complexity index is 1820. The normalized spacial score (nSPS) is 27.3. The van der Waals surface area contributed by atoms with Crippen LogP contribution in [-0.2, 0) is 26.5 Å². The number of piperidine rings is 2. The van der Waals surface area contributed by atoms with Crippen molar-refractivity contribution in [1.29, 1.82) is 0 Å². The summed E-state index contributed by atoms with van der Waals surface area (Å²) in [7, 11) is 0. The molecule has 10 heteroatoms. The summed E-state index contributed by atoms with van der Waals surface area (Å²) in [5, 5.41) is 7.26. The second-order valence-electron chi connectivity index (χ2n) is 12.6. The van der Waals surface area contributed by atoms with Gasteiger partial charge in [-0.2, -0.15) is 5.10 Å². The molecular formula is C33H31F2N5O3. The van der Waals surface area contributed by atoms with E-state index in [1.807, 2.05) is 29.9 Å². The number of nitrogens with one attached hydrogen (secondary N) is 1. The molecule has 4 fully saturated rings. The molecule has 2 aromatic carbocycles. The van der Waals surface area contributed by atoms with Crippen LogP contribution in [0.15, 0.2) is 54.9 Å². The quantitative estimate of drug-likeness (QED) is 0.250. The number of aromatic nitrogens is 3. The molecule has 3 unspecified atom stereocenters. The number of amides is 2. The average Bonchev–Trinajstić information content (AvgIpc) is 3.87. The third-order valence-corrected chi connectivity index (χ3v) is 9.66. The van der Waals surface area contributed by atoms with E-state index < -0.39 is 22.9 Å². The number of hydrogen-bond acceptors (Lipinski definition) is 6. The molecule has 4 aromatic rings. The molecule has 2 amide bonds. The highest BCUT2D eigenvalue weighted by Gasteiger charge is 2.70. The van der Waals surface area contributed by atoms with E-state index in [4.69, 9.17) is 4.74 Å². The first-order chi connectivity index (χ1) is 20.7. The lowest BCUT2D eigenvalue weighted by atomic mass is 9.80. The fourth-order valence-electron chi connectivity index (χ4n) is 7.11. The number of nitrogens with zero attached hydrogens (tertiary/aromatic N) is 4. The maximum absolute atomic E-state index is 16.2. The van der Waals surface area contributed by atoms with E-state index in [0.717, 1.165) is 18.4 Å². The number of carbonyl (C=O) groups excluding carboxylic acids is 2. The van der Waals surface area contributed by atoms with E-state index in [2.05, 4.69) is 20.3 Å². The Kier molecular flexibility index (Phi) is 5.87. The summed E-state index contributed by atoms with van der Waals surface area (Å²) in [5.74, 6) is -1.89. The van der Waals surface area contributed by atoms with Gasteiger partial charge in [0.15, 0.2) is 0 Å². The summed E-state index contributed by atoms with van der Waals surface area (Å²) in [6.45, 7) is 3.80. The molecule has 5 heterocycles. The van der Waals surface area contributed by atoms with Crippen LogP contribution in [0, 0.1) is 11.6 Å². The number of halogens is 2. The Morgan fingerprint density at radius 3 is 2.72 bits per heavy atom. The van der Waals surface area contributed by atoms with Crippen LogP contribution in [0.25, 0.3) is 22.2 Å². The molecule has 8 nitrogen and oxygen atoms in total. The van der Waals surface area contributed by atoms with Gasteiger partial charge >= 0.3 is 0 Å². The van der Waals surface area contributed by atoms with Gasteiger partial charge < -0.3 is 4.74 Å². The highest BCUT2D eigenvalue weighted by Crippen LogP contribution is 2.61. The average molecular weight is 584 g/mol. The number of hydrogen-bond donors (Lipinski definition) is 1. The second-order valence-corrected chi connectivity index (χ2v) is 12.6. The summed E-state index contributed by atoms with van der Waals surface area (Å²) in [5.41, 5.74) is 2.24. The van der Waals surface area contributed by atoms with Crippen LogP contribution >= 0.6 is 0 Å². The largest absolute Gasteiger partial charge is 0.356 e. The number of fused-ring (bicyclic) bond motifs is 2. The van der Waals surface area contributed by atoms with Gasteiger partial charge in [0.2, 0.25) is 11.8 Å². The molecule has 0 bridgehead atoms. The predicted octanol–water partition coefficient (Wildman–Crippen LogP) is 5.12. The van der Waals surface area contributed by atoms with E-state index in [1.165, 1.54) is 0 Å². The zero-order valence-electron chi connectivity index (χ0n) is 23.8. The lowest BCUT2D eigenvalue weighted by Gasteiger charge is -2.33. The number of carbonyl (C=O) groups is 2. The van der Waals surface area contributed by atoms with Gasteiger partial charge in [-0.05, 0) is 74.1 Å². The van der Waals surface area contributed by atoms with Crippen molar-refractivity contribution in [1.82, 2.24) is 25.0 Å². The molecule has 3 atom stereocenters. The maximum Gasteiger partial charge on any atom is 0.234 e. The van der Waals surface area contributed by atoms with Crippen LogP contribution in [0.3, 0.4) is 0 Å². The van der Waals surface area contributed by atoms with Gasteiger partial charge in [0, 0.05) is 55.0 Å². The molecule has 4 aliphatic rings. The Balaban J connectivity index is 1.00. The van der Waals surface area contributed by atoms with Gasteiger partial charge in [-0.25, -0.2) is 8.78 Å². The first kappa shape index (κ1) is 26.6. The molecule has 0 radical (unpaired) electrons. The highest BCUT2D eigenvalue weighted by molar-refractivity contribution is 6.01. The van der Waals surface area contributed by atoms with Crippen molar-refractivity contribution in [3.05, 3.63) is 83.2 Å². The number of imide groups is 1. The summed E-state index contributed by atoms with van der Waals surface area (Å²) in [4.78, 5) is 30.7. The molecule has 1 N–H and O–H groups in total. The second kappa shape index (κ2) is 9.49. The van der Waals surface area contributed by atoms with Crippen LogP contribution in [-0.4, -0.2) is 50.2 Å². The molecule has 3 saturated heterocycles. The van der Waals surface area contributed by atoms with Crippen molar-refractivity contribution in [3.8, 4) is 11.3 Å². The number of epoxide rings is 1. The first-order valence-corrected chi connectivity index (χ1v) is 14.9. The molecule has 1 aliphatic carbocycles. The fraction of sp³-hybridized carbons (Fsp3) is 0.394. The minimum Gasteiger partial charge on any atom is -0.356 e. The van der Waals surface area contributed by atoms with E-state index in [0.29, 0.717) is 71.8 Å². The summed E-state index contributed by atoms with van der Waals surface area (Å²) in [6, 6.07) is 12.9. The minimum atomic E-state index is -0.762. The minimum absolute atomic E-state index is 0.241. The molecule has 3 aliphatic heterocycles. The Hall–Kier alpha value is -4.02. The zero-order chi connectivity index (χ0) is 29.5. The molecule has 8 rings (SSSR count). The lowest BCUT2D eigenvalue weighted by molar-refractivity contribution is -0.134. The monoisotopic (exact) mass is 583 g/mol. The van der Waals surface area contributed by atoms with Gasteiger partial charge in [-0.3, -0.25) is 29.5 Å². The number of rotatable bonds is 6. The van der Waals surface area contributed by atoms with E-state index in [9.17, 15) is 9.59 Å². The zero-order valence-corrected chi connectivity index (χ0v) is 23.8. The number of pyridine rings is 1. The lowest BCUT2D eigenvalue weighted by Crippen LogP contribution is -2.44. The Morgan fingerprint density at radius 1 is 1.09 bits per heavy atom. The Labute approximate surface area is 247 Å². The highest BCUT2D eigenvalue weighted by atomic mass is 19.1. The summed E-state index contributed by atoms with van der Waals surface area (Å²) in [6.07, 6.45) is 6.96. The van der Waals surface area contributed by atoms with Crippen LogP contribution in [0.2, 0.25) is 0 Å². The van der Waals surface area contributed by atoms with Crippen LogP contribution < -0.4 is 5.32 Å². The van der Waals surface area contributed by atoms with Gasteiger partial charge in [-0.15, -0.1) is 0 Å².